The van der Waals surface area contributed by atoms with Crippen LogP contribution in [-0.4, -0.2) is 49.5 Å². The zero-order chi connectivity index (χ0) is 23.4. The number of hydrogen-bond acceptors (Lipinski definition) is 5. The number of nitrogens with zero attached hydrogens (tertiary/aromatic N) is 2. The molecular weight excluding hydrogens is 471 g/mol. The molecule has 174 valence electrons. The summed E-state index contributed by atoms with van der Waals surface area (Å²) in [4.78, 5) is 16.2. The number of sulfonamides is 1. The van der Waals surface area contributed by atoms with Gasteiger partial charge in [0, 0.05) is 19.3 Å². The highest BCUT2D eigenvalue weighted by molar-refractivity contribution is 7.89. The van der Waals surface area contributed by atoms with Gasteiger partial charge in [-0.2, -0.15) is 17.5 Å². The maximum absolute atomic E-state index is 13.1. The number of ether oxygens (including phenoxy) is 1. The average Bonchev–Trinajstić information content (AvgIpc) is 3.03. The van der Waals surface area contributed by atoms with Crippen molar-refractivity contribution >= 4 is 33.2 Å². The first-order chi connectivity index (χ1) is 15.1. The van der Waals surface area contributed by atoms with E-state index in [2.05, 4.69) is 10.3 Å². The normalized spacial score (nSPS) is 15.8. The van der Waals surface area contributed by atoms with Crippen LogP contribution in [0.15, 0.2) is 41.4 Å². The van der Waals surface area contributed by atoms with Gasteiger partial charge in [-0.15, -0.1) is 0 Å². The lowest BCUT2D eigenvalue weighted by molar-refractivity contribution is -0.153. The van der Waals surface area contributed by atoms with Crippen LogP contribution in [0.5, 0.6) is 5.75 Å². The van der Waals surface area contributed by atoms with Crippen molar-refractivity contribution in [3.8, 4) is 5.75 Å². The Kier molecular flexibility index (Phi) is 7.63. The lowest BCUT2D eigenvalue weighted by atomic mass is 10.2. The summed E-state index contributed by atoms with van der Waals surface area (Å²) < 4.78 is 70.3. The third-order valence-electron chi connectivity index (χ3n) is 4.78. The highest BCUT2D eigenvalue weighted by Gasteiger charge is 2.30. The van der Waals surface area contributed by atoms with Crippen LogP contribution in [0, 0.1) is 0 Å². The van der Waals surface area contributed by atoms with Crippen molar-refractivity contribution in [3.63, 3.8) is 0 Å². The van der Waals surface area contributed by atoms with Crippen LogP contribution < -0.4 is 10.1 Å². The van der Waals surface area contributed by atoms with Gasteiger partial charge >= 0.3 is 6.18 Å². The second-order valence-electron chi connectivity index (χ2n) is 7.20. The predicted octanol–water partition coefficient (Wildman–Crippen LogP) is 4.49. The Labute approximate surface area is 188 Å². The topological polar surface area (TPSA) is 88.6 Å². The molecule has 0 atom stereocenters. The molecule has 0 radical (unpaired) electrons. The molecule has 2 heterocycles. The van der Waals surface area contributed by atoms with E-state index >= 15 is 0 Å². The minimum atomic E-state index is -4.61. The number of carbonyl (C=O) groups is 1. The minimum Gasteiger partial charge on any atom is -0.482 e. The van der Waals surface area contributed by atoms with Gasteiger partial charge in [0.1, 0.15) is 10.9 Å². The molecule has 7 nitrogen and oxygen atoms in total. The summed E-state index contributed by atoms with van der Waals surface area (Å²) >= 11 is 5.70. The van der Waals surface area contributed by atoms with E-state index in [-0.39, 0.29) is 27.0 Å². The van der Waals surface area contributed by atoms with E-state index in [0.29, 0.717) is 13.1 Å². The summed E-state index contributed by atoms with van der Waals surface area (Å²) in [5.41, 5.74) is -0.123. The lowest BCUT2D eigenvalue weighted by Gasteiger charge is -2.21. The Morgan fingerprint density at radius 2 is 1.81 bits per heavy atom. The number of aromatic nitrogens is 1. The van der Waals surface area contributed by atoms with Crippen LogP contribution in [-0.2, 0) is 10.0 Å². The summed E-state index contributed by atoms with van der Waals surface area (Å²) in [5.74, 6) is -1.03. The van der Waals surface area contributed by atoms with Gasteiger partial charge < -0.3 is 10.1 Å². The zero-order valence-corrected chi connectivity index (χ0v) is 18.4. The summed E-state index contributed by atoms with van der Waals surface area (Å²) in [6.07, 6.45) is -0.137. The SMILES string of the molecule is O=C(Nc1cc(S(=O)(=O)N2CCCCCC2)ccc1OCC(F)(F)F)c1ccc(Cl)nc1. The first kappa shape index (κ1) is 24.3. The molecule has 2 aromatic rings. The fourth-order valence-electron chi connectivity index (χ4n) is 3.19. The quantitative estimate of drug-likeness (QED) is 0.601. The van der Waals surface area contributed by atoms with Gasteiger partial charge in [0.05, 0.1) is 16.1 Å². The van der Waals surface area contributed by atoms with Crippen molar-refractivity contribution in [1.29, 1.82) is 0 Å². The van der Waals surface area contributed by atoms with Crippen molar-refractivity contribution in [2.24, 2.45) is 0 Å². The van der Waals surface area contributed by atoms with Gasteiger partial charge in [-0.05, 0) is 43.2 Å². The number of hydrogen-bond donors (Lipinski definition) is 1. The molecule has 1 aliphatic rings. The van der Waals surface area contributed by atoms with Gasteiger partial charge in [0.2, 0.25) is 10.0 Å². The molecule has 1 fully saturated rings. The number of halogens is 4. The number of pyridine rings is 1. The van der Waals surface area contributed by atoms with Crippen molar-refractivity contribution in [2.45, 2.75) is 36.8 Å². The third kappa shape index (κ3) is 6.33. The van der Waals surface area contributed by atoms with Gasteiger partial charge in [-0.3, -0.25) is 4.79 Å². The van der Waals surface area contributed by atoms with Gasteiger partial charge in [-0.25, -0.2) is 13.4 Å². The van der Waals surface area contributed by atoms with Crippen molar-refractivity contribution in [1.82, 2.24) is 9.29 Å². The minimum absolute atomic E-state index is 0.0805. The van der Waals surface area contributed by atoms with Crippen molar-refractivity contribution < 1.29 is 31.1 Å². The van der Waals surface area contributed by atoms with Crippen LogP contribution in [0.3, 0.4) is 0 Å². The van der Waals surface area contributed by atoms with Crippen molar-refractivity contribution in [2.75, 3.05) is 25.0 Å². The molecule has 1 aromatic carbocycles. The highest BCUT2D eigenvalue weighted by atomic mass is 35.5. The number of carbonyl (C=O) groups excluding carboxylic acids is 1. The Morgan fingerprint density at radius 1 is 1.12 bits per heavy atom. The fourth-order valence-corrected chi connectivity index (χ4v) is 4.84. The molecule has 0 saturated carbocycles. The van der Waals surface area contributed by atoms with E-state index in [1.807, 2.05) is 0 Å². The molecule has 0 aliphatic carbocycles. The highest BCUT2D eigenvalue weighted by Crippen LogP contribution is 2.32. The van der Waals surface area contributed by atoms with Crippen LogP contribution in [0.25, 0.3) is 0 Å². The predicted molar refractivity (Wildman–Crippen MR) is 112 cm³/mol. The van der Waals surface area contributed by atoms with Crippen LogP contribution >= 0.6 is 11.6 Å². The summed E-state index contributed by atoms with van der Waals surface area (Å²) in [5, 5.41) is 2.57. The van der Waals surface area contributed by atoms with E-state index in [4.69, 9.17) is 16.3 Å². The first-order valence-electron chi connectivity index (χ1n) is 9.83. The third-order valence-corrected chi connectivity index (χ3v) is 6.90. The lowest BCUT2D eigenvalue weighted by Crippen LogP contribution is -2.32. The maximum atomic E-state index is 13.1. The van der Waals surface area contributed by atoms with Gasteiger partial charge in [-0.1, -0.05) is 24.4 Å². The molecule has 1 amide bonds. The molecule has 0 unspecified atom stereocenters. The van der Waals surface area contributed by atoms with Crippen LogP contribution in [0.1, 0.15) is 36.0 Å². The number of amides is 1. The van der Waals surface area contributed by atoms with E-state index in [9.17, 15) is 26.4 Å². The summed E-state index contributed by atoms with van der Waals surface area (Å²) in [6.45, 7) is -0.893. The second-order valence-corrected chi connectivity index (χ2v) is 9.53. The van der Waals surface area contributed by atoms with E-state index < -0.39 is 28.7 Å². The molecule has 1 aromatic heterocycles. The standard InChI is InChI=1S/C20H21ClF3N3O4S/c21-18-8-5-14(12-25-18)19(28)26-16-11-15(6-7-17(16)31-13-20(22,23)24)32(29,30)27-9-3-1-2-4-10-27/h5-8,11-12H,1-4,9-10,13H2,(H,26,28). The maximum Gasteiger partial charge on any atom is 0.422 e. The summed E-state index contributed by atoms with van der Waals surface area (Å²) in [6, 6.07) is 6.13. The van der Waals surface area contributed by atoms with Gasteiger partial charge in [0.15, 0.2) is 6.61 Å². The monoisotopic (exact) mass is 491 g/mol. The molecular formula is C20H21ClF3N3O4S. The Bertz CT molecular complexity index is 1050. The Balaban J connectivity index is 1.93. The molecule has 1 N–H and O–H groups in total. The van der Waals surface area contributed by atoms with Crippen molar-refractivity contribution in [3.05, 3.63) is 47.2 Å². The largest absolute Gasteiger partial charge is 0.482 e. The molecule has 0 spiro atoms. The smallest absolute Gasteiger partial charge is 0.422 e. The van der Waals surface area contributed by atoms with Crippen LogP contribution in [0.4, 0.5) is 18.9 Å². The Hall–Kier alpha value is -2.37. The molecule has 3 rings (SSSR count). The second kappa shape index (κ2) is 10.1. The fraction of sp³-hybridized carbons (Fsp3) is 0.400. The average molecular weight is 492 g/mol. The summed E-state index contributed by atoms with van der Waals surface area (Å²) in [7, 11) is -3.90. The first-order valence-corrected chi connectivity index (χ1v) is 11.6. The molecule has 1 aliphatic heterocycles. The molecule has 12 heteroatoms. The van der Waals surface area contributed by atoms with E-state index in [0.717, 1.165) is 37.8 Å². The molecule has 32 heavy (non-hydrogen) atoms. The van der Waals surface area contributed by atoms with Crippen LogP contribution in [0.2, 0.25) is 5.15 Å². The number of rotatable bonds is 6. The van der Waals surface area contributed by atoms with E-state index in [1.165, 1.54) is 28.7 Å². The number of benzene rings is 1. The van der Waals surface area contributed by atoms with E-state index in [1.54, 1.807) is 0 Å². The number of anilines is 1. The molecule has 0 bridgehead atoms. The number of alkyl halides is 3. The van der Waals surface area contributed by atoms with Gasteiger partial charge in [0.25, 0.3) is 5.91 Å². The number of nitrogens with one attached hydrogen (secondary N) is 1. The Morgan fingerprint density at radius 3 is 2.41 bits per heavy atom. The molecule has 1 saturated heterocycles. The zero-order valence-electron chi connectivity index (χ0n) is 16.9.